The van der Waals surface area contributed by atoms with Gasteiger partial charge in [0.1, 0.15) is 0 Å². The van der Waals surface area contributed by atoms with Crippen LogP contribution >= 0.6 is 31.9 Å². The molecular weight excluding hydrogens is 330 g/mol. The van der Waals surface area contributed by atoms with Crippen LogP contribution < -0.4 is 0 Å². The Kier molecular flexibility index (Phi) is 3.48. The topological polar surface area (TPSA) is 56.0 Å². The van der Waals surface area contributed by atoms with Crippen molar-refractivity contribution < 1.29 is 13.7 Å². The third-order valence-corrected chi connectivity index (χ3v) is 3.31. The summed E-state index contributed by atoms with van der Waals surface area (Å²) in [5.74, 6) is -0.615. The van der Waals surface area contributed by atoms with Crippen LogP contribution in [0.25, 0.3) is 0 Å². The molecule has 0 aromatic carbocycles. The lowest BCUT2D eigenvalue weighted by Gasteiger charge is -2.00. The molecule has 0 bridgehead atoms. The molecule has 1 heterocycles. The number of pyridine rings is 1. The molecule has 8 heteroatoms. The molecule has 0 saturated carbocycles. The van der Waals surface area contributed by atoms with E-state index in [0.29, 0.717) is 0 Å². The largest absolute Gasteiger partial charge is 0.365 e. The third kappa shape index (κ3) is 2.24. The Hall–Kier alpha value is -0.630. The Balaban J connectivity index is 3.35. The number of aromatic nitrogens is 1. The van der Waals surface area contributed by atoms with Crippen LogP contribution in [0.4, 0.5) is 14.6 Å². The number of nitrogens with zero attached hydrogens (tertiary/aromatic N) is 2. The lowest BCUT2D eigenvalue weighted by Crippen LogP contribution is -1.98. The first kappa shape index (κ1) is 11.4. The van der Waals surface area contributed by atoms with Gasteiger partial charge < -0.3 is 10.1 Å². The molecule has 0 aliphatic heterocycles. The van der Waals surface area contributed by atoms with Gasteiger partial charge in [0.25, 0.3) is 0 Å². The molecule has 0 radical (unpaired) electrons. The number of alkyl halides is 2. The first-order valence-corrected chi connectivity index (χ1v) is 4.80. The van der Waals surface area contributed by atoms with Crippen molar-refractivity contribution in [3.05, 3.63) is 30.8 Å². The molecule has 76 valence electrons. The average molecular weight is 332 g/mol. The van der Waals surface area contributed by atoms with Gasteiger partial charge in [0, 0.05) is 4.47 Å². The highest BCUT2D eigenvalue weighted by Gasteiger charge is 2.24. The molecule has 0 amide bonds. The van der Waals surface area contributed by atoms with E-state index in [1.54, 1.807) is 0 Å². The van der Waals surface area contributed by atoms with Gasteiger partial charge >= 0.3 is 12.2 Å². The third-order valence-electron chi connectivity index (χ3n) is 1.32. The van der Waals surface area contributed by atoms with E-state index in [1.165, 1.54) is 0 Å². The molecule has 0 fully saturated rings. The van der Waals surface area contributed by atoms with Crippen LogP contribution in [0.15, 0.2) is 15.0 Å². The zero-order chi connectivity index (χ0) is 10.9. The summed E-state index contributed by atoms with van der Waals surface area (Å²) >= 11 is 5.76. The minimum absolute atomic E-state index is 0.0260. The first-order valence-electron chi connectivity index (χ1n) is 3.22. The smallest absolute Gasteiger partial charge is 0.358 e. The lowest BCUT2D eigenvalue weighted by atomic mass is 10.3. The Bertz CT molecular complexity index is 386. The summed E-state index contributed by atoms with van der Waals surface area (Å²) in [5.41, 5.74) is -0.647. The summed E-state index contributed by atoms with van der Waals surface area (Å²) in [4.78, 5) is 12.7. The van der Waals surface area contributed by atoms with Crippen molar-refractivity contribution in [2.45, 2.75) is 6.43 Å². The fourth-order valence-corrected chi connectivity index (χ4v) is 1.53. The second-order valence-electron chi connectivity index (χ2n) is 2.22. The zero-order valence-electron chi connectivity index (χ0n) is 6.38. The molecule has 0 spiro atoms. The van der Waals surface area contributed by atoms with E-state index in [-0.39, 0.29) is 8.95 Å². The van der Waals surface area contributed by atoms with Gasteiger partial charge in [-0.15, -0.1) is 0 Å². The predicted molar refractivity (Wildman–Crippen MR) is 51.2 cm³/mol. The van der Waals surface area contributed by atoms with E-state index < -0.39 is 22.9 Å². The maximum Gasteiger partial charge on any atom is 0.365 e. The fourth-order valence-electron chi connectivity index (χ4n) is 0.742. The van der Waals surface area contributed by atoms with Crippen LogP contribution in [0.2, 0.25) is 0 Å². The monoisotopic (exact) mass is 330 g/mol. The standard InChI is InChI=1S/C6H2Br2F2N2O2/c7-2-1-3(12(13)14)11-5(4(2)8)6(9)10/h1,6H. The predicted octanol–water partition coefficient (Wildman–Crippen LogP) is 3.45. The number of hydrogen-bond acceptors (Lipinski definition) is 3. The number of rotatable bonds is 2. The molecular formula is C6H2Br2F2N2O2. The summed E-state index contributed by atoms with van der Waals surface area (Å²) in [5, 5.41) is 10.3. The number of nitro groups is 1. The van der Waals surface area contributed by atoms with Gasteiger partial charge in [0.15, 0.2) is 0 Å². The zero-order valence-corrected chi connectivity index (χ0v) is 9.55. The Morgan fingerprint density at radius 2 is 2.07 bits per heavy atom. The van der Waals surface area contributed by atoms with Crippen LogP contribution in [0.1, 0.15) is 12.1 Å². The van der Waals surface area contributed by atoms with Gasteiger partial charge in [-0.05, 0) is 41.8 Å². The van der Waals surface area contributed by atoms with Crippen molar-refractivity contribution >= 4 is 37.7 Å². The van der Waals surface area contributed by atoms with Crippen molar-refractivity contribution in [3.8, 4) is 0 Å². The Labute approximate surface area is 93.7 Å². The van der Waals surface area contributed by atoms with Gasteiger partial charge in [0.05, 0.1) is 10.5 Å². The molecule has 0 N–H and O–H groups in total. The second-order valence-corrected chi connectivity index (χ2v) is 3.87. The average Bonchev–Trinajstić information content (AvgIpc) is 2.08. The van der Waals surface area contributed by atoms with Crippen molar-refractivity contribution in [1.29, 1.82) is 0 Å². The van der Waals surface area contributed by atoms with Crippen LogP contribution in [0, 0.1) is 10.1 Å². The molecule has 14 heavy (non-hydrogen) atoms. The van der Waals surface area contributed by atoms with Crippen molar-refractivity contribution in [2.24, 2.45) is 0 Å². The molecule has 4 nitrogen and oxygen atoms in total. The van der Waals surface area contributed by atoms with Crippen LogP contribution in [0.3, 0.4) is 0 Å². The highest BCUT2D eigenvalue weighted by Crippen LogP contribution is 2.33. The second kappa shape index (κ2) is 4.26. The first-order chi connectivity index (χ1) is 6.43. The van der Waals surface area contributed by atoms with Gasteiger partial charge in [-0.25, -0.2) is 8.78 Å². The lowest BCUT2D eigenvalue weighted by molar-refractivity contribution is -0.389. The van der Waals surface area contributed by atoms with Crippen molar-refractivity contribution in [1.82, 2.24) is 4.98 Å². The molecule has 1 aromatic rings. The van der Waals surface area contributed by atoms with Crippen molar-refractivity contribution in [2.75, 3.05) is 0 Å². The molecule has 1 rings (SSSR count). The maximum absolute atomic E-state index is 12.3. The Morgan fingerprint density at radius 1 is 1.50 bits per heavy atom. The summed E-state index contributed by atoms with van der Waals surface area (Å²) < 4.78 is 24.8. The molecule has 0 unspecified atom stereocenters. The number of halogens is 4. The molecule has 0 saturated heterocycles. The molecule has 0 aliphatic rings. The van der Waals surface area contributed by atoms with Crippen LogP contribution in [0.5, 0.6) is 0 Å². The number of hydrogen-bond donors (Lipinski definition) is 0. The van der Waals surface area contributed by atoms with Crippen molar-refractivity contribution in [3.63, 3.8) is 0 Å². The normalized spacial score (nSPS) is 10.6. The Morgan fingerprint density at radius 3 is 2.50 bits per heavy atom. The van der Waals surface area contributed by atoms with E-state index in [2.05, 4.69) is 36.8 Å². The molecule has 0 aliphatic carbocycles. The van der Waals surface area contributed by atoms with E-state index in [4.69, 9.17) is 0 Å². The van der Waals surface area contributed by atoms with E-state index in [0.717, 1.165) is 6.07 Å². The van der Waals surface area contributed by atoms with Gasteiger partial charge in [-0.3, -0.25) is 0 Å². The van der Waals surface area contributed by atoms with Gasteiger partial charge in [-0.2, -0.15) is 0 Å². The van der Waals surface area contributed by atoms with Crippen LogP contribution in [-0.4, -0.2) is 9.91 Å². The van der Waals surface area contributed by atoms with E-state index in [9.17, 15) is 18.9 Å². The van der Waals surface area contributed by atoms with E-state index >= 15 is 0 Å². The minimum Gasteiger partial charge on any atom is -0.358 e. The SMILES string of the molecule is O=[N+]([O-])c1cc(Br)c(Br)c(C(F)F)n1. The summed E-state index contributed by atoms with van der Waals surface area (Å²) in [7, 11) is 0. The quantitative estimate of drug-likeness (QED) is 0.616. The van der Waals surface area contributed by atoms with Crippen LogP contribution in [-0.2, 0) is 0 Å². The highest BCUT2D eigenvalue weighted by molar-refractivity contribution is 9.13. The molecule has 0 atom stereocenters. The maximum atomic E-state index is 12.3. The van der Waals surface area contributed by atoms with Gasteiger partial charge in [-0.1, -0.05) is 0 Å². The van der Waals surface area contributed by atoms with Gasteiger partial charge in [0.2, 0.25) is 5.69 Å². The van der Waals surface area contributed by atoms with E-state index in [1.807, 2.05) is 0 Å². The highest BCUT2D eigenvalue weighted by atomic mass is 79.9. The summed E-state index contributed by atoms with van der Waals surface area (Å²) in [6, 6.07) is 1.05. The summed E-state index contributed by atoms with van der Waals surface area (Å²) in [6.07, 6.45) is -2.86. The fraction of sp³-hybridized carbons (Fsp3) is 0.167. The minimum atomic E-state index is -2.86. The summed E-state index contributed by atoms with van der Waals surface area (Å²) in [6.45, 7) is 0. The molecule has 1 aromatic heterocycles.